The zero-order valence-electron chi connectivity index (χ0n) is 10.9. The van der Waals surface area contributed by atoms with Crippen LogP contribution in [0, 0.1) is 15.9 Å². The van der Waals surface area contributed by atoms with E-state index in [0.29, 0.717) is 12.2 Å². The van der Waals surface area contributed by atoms with Crippen molar-refractivity contribution in [1.82, 2.24) is 0 Å². The molecule has 0 unspecified atom stereocenters. The van der Waals surface area contributed by atoms with E-state index in [4.69, 9.17) is 0 Å². The standard InChI is InChI=1S/C15H15FN2O2/c16-14-11-13(8-9-15(14)18(19)20)17-10-4-7-12-5-2-1-3-6-12/h1-3,5-6,8-9,11,17H,4,7,10H2. The number of nitro benzene ring substituents is 1. The van der Waals surface area contributed by atoms with E-state index in [2.05, 4.69) is 17.4 Å². The lowest BCUT2D eigenvalue weighted by atomic mass is 10.1. The van der Waals surface area contributed by atoms with Crippen LogP contribution in [0.3, 0.4) is 0 Å². The van der Waals surface area contributed by atoms with Gasteiger partial charge in [0.15, 0.2) is 0 Å². The number of hydrogen-bond donors (Lipinski definition) is 1. The third kappa shape index (κ3) is 3.78. The number of halogens is 1. The molecule has 0 atom stereocenters. The number of aryl methyl sites for hydroxylation is 1. The summed E-state index contributed by atoms with van der Waals surface area (Å²) in [7, 11) is 0. The minimum atomic E-state index is -0.817. The molecule has 0 saturated heterocycles. The molecular formula is C15H15FN2O2. The maximum absolute atomic E-state index is 13.4. The second-order valence-electron chi connectivity index (χ2n) is 4.44. The van der Waals surface area contributed by atoms with Gasteiger partial charge in [0.05, 0.1) is 4.92 Å². The number of nitrogens with zero attached hydrogens (tertiary/aromatic N) is 1. The maximum Gasteiger partial charge on any atom is 0.304 e. The summed E-state index contributed by atoms with van der Waals surface area (Å²) in [5.74, 6) is -0.817. The Balaban J connectivity index is 1.83. The lowest BCUT2D eigenvalue weighted by Gasteiger charge is -2.06. The predicted octanol–water partition coefficient (Wildman–Crippen LogP) is 3.78. The predicted molar refractivity (Wildman–Crippen MR) is 76.3 cm³/mol. The molecule has 0 spiro atoms. The first kappa shape index (κ1) is 14.0. The lowest BCUT2D eigenvalue weighted by molar-refractivity contribution is -0.387. The molecule has 4 nitrogen and oxygen atoms in total. The Hall–Kier alpha value is -2.43. The largest absolute Gasteiger partial charge is 0.385 e. The average molecular weight is 274 g/mol. The molecule has 0 bridgehead atoms. The summed E-state index contributed by atoms with van der Waals surface area (Å²) in [6.45, 7) is 0.687. The Labute approximate surface area is 116 Å². The van der Waals surface area contributed by atoms with E-state index in [1.54, 1.807) is 0 Å². The van der Waals surface area contributed by atoms with Crippen molar-refractivity contribution in [2.45, 2.75) is 12.8 Å². The fraction of sp³-hybridized carbons (Fsp3) is 0.200. The van der Waals surface area contributed by atoms with Crippen molar-refractivity contribution in [2.24, 2.45) is 0 Å². The molecular weight excluding hydrogens is 259 g/mol. The molecule has 0 aliphatic carbocycles. The van der Waals surface area contributed by atoms with Crippen molar-refractivity contribution in [3.8, 4) is 0 Å². The highest BCUT2D eigenvalue weighted by Gasteiger charge is 2.13. The number of anilines is 1. The van der Waals surface area contributed by atoms with Gasteiger partial charge in [0, 0.05) is 24.4 Å². The Morgan fingerprint density at radius 2 is 1.90 bits per heavy atom. The van der Waals surface area contributed by atoms with E-state index >= 15 is 0 Å². The van der Waals surface area contributed by atoms with Crippen LogP contribution < -0.4 is 5.32 Å². The second kappa shape index (κ2) is 6.65. The zero-order chi connectivity index (χ0) is 14.4. The van der Waals surface area contributed by atoms with Crippen molar-refractivity contribution in [1.29, 1.82) is 0 Å². The average Bonchev–Trinajstić information content (AvgIpc) is 2.44. The van der Waals surface area contributed by atoms with E-state index in [1.807, 2.05) is 18.2 Å². The normalized spacial score (nSPS) is 10.2. The van der Waals surface area contributed by atoms with Crippen molar-refractivity contribution >= 4 is 11.4 Å². The van der Waals surface area contributed by atoms with Gasteiger partial charge in [-0.2, -0.15) is 4.39 Å². The van der Waals surface area contributed by atoms with Crippen molar-refractivity contribution in [2.75, 3.05) is 11.9 Å². The number of rotatable bonds is 6. The molecule has 0 heterocycles. The smallest absolute Gasteiger partial charge is 0.304 e. The molecule has 2 rings (SSSR count). The molecule has 0 aromatic heterocycles. The molecule has 20 heavy (non-hydrogen) atoms. The molecule has 0 amide bonds. The topological polar surface area (TPSA) is 55.2 Å². The van der Waals surface area contributed by atoms with Crippen LogP contribution in [-0.4, -0.2) is 11.5 Å². The molecule has 2 aromatic carbocycles. The molecule has 0 radical (unpaired) electrons. The maximum atomic E-state index is 13.4. The van der Waals surface area contributed by atoms with Gasteiger partial charge in [0.25, 0.3) is 0 Å². The SMILES string of the molecule is O=[N+]([O-])c1ccc(NCCCc2ccccc2)cc1F. The summed E-state index contributed by atoms with van der Waals surface area (Å²) in [5.41, 5.74) is 1.31. The van der Waals surface area contributed by atoms with Crippen molar-refractivity contribution in [3.63, 3.8) is 0 Å². The van der Waals surface area contributed by atoms with E-state index in [0.717, 1.165) is 18.9 Å². The van der Waals surface area contributed by atoms with E-state index in [1.165, 1.54) is 17.7 Å². The van der Waals surface area contributed by atoms with Gasteiger partial charge in [-0.15, -0.1) is 0 Å². The van der Waals surface area contributed by atoms with Crippen LogP contribution in [-0.2, 0) is 6.42 Å². The third-order valence-corrected chi connectivity index (χ3v) is 2.96. The zero-order valence-corrected chi connectivity index (χ0v) is 10.9. The van der Waals surface area contributed by atoms with E-state index < -0.39 is 16.4 Å². The van der Waals surface area contributed by atoms with Gasteiger partial charge in [-0.05, 0) is 24.5 Å². The summed E-state index contributed by atoms with van der Waals surface area (Å²) in [4.78, 5) is 9.77. The van der Waals surface area contributed by atoms with Crippen LogP contribution in [0.5, 0.6) is 0 Å². The fourth-order valence-electron chi connectivity index (χ4n) is 1.93. The van der Waals surface area contributed by atoms with Gasteiger partial charge in [-0.3, -0.25) is 10.1 Å². The van der Waals surface area contributed by atoms with Crippen LogP contribution in [0.25, 0.3) is 0 Å². The molecule has 0 aliphatic heterocycles. The van der Waals surface area contributed by atoms with Crippen LogP contribution in [0.2, 0.25) is 0 Å². The number of benzene rings is 2. The second-order valence-corrected chi connectivity index (χ2v) is 4.44. The monoisotopic (exact) mass is 274 g/mol. The van der Waals surface area contributed by atoms with Crippen LogP contribution in [0.4, 0.5) is 15.8 Å². The third-order valence-electron chi connectivity index (χ3n) is 2.96. The number of nitrogens with one attached hydrogen (secondary N) is 1. The highest BCUT2D eigenvalue weighted by molar-refractivity contribution is 5.49. The summed E-state index contributed by atoms with van der Waals surface area (Å²) in [6.07, 6.45) is 1.84. The Kier molecular flexibility index (Phi) is 4.65. The Morgan fingerprint density at radius 3 is 2.55 bits per heavy atom. The quantitative estimate of drug-likeness (QED) is 0.495. The summed E-state index contributed by atoms with van der Waals surface area (Å²) >= 11 is 0. The first-order chi connectivity index (χ1) is 9.66. The first-order valence-corrected chi connectivity index (χ1v) is 6.38. The van der Waals surface area contributed by atoms with Gasteiger partial charge in [-0.25, -0.2) is 0 Å². The van der Waals surface area contributed by atoms with Gasteiger partial charge in [0.2, 0.25) is 5.82 Å². The van der Waals surface area contributed by atoms with Crippen LogP contribution in [0.1, 0.15) is 12.0 Å². The molecule has 0 aliphatic rings. The van der Waals surface area contributed by atoms with Gasteiger partial charge in [0.1, 0.15) is 0 Å². The molecule has 0 fully saturated rings. The lowest BCUT2D eigenvalue weighted by Crippen LogP contribution is -2.03. The summed E-state index contributed by atoms with van der Waals surface area (Å²) < 4.78 is 13.4. The number of hydrogen-bond acceptors (Lipinski definition) is 3. The molecule has 0 saturated carbocycles. The van der Waals surface area contributed by atoms with Gasteiger partial charge < -0.3 is 5.32 Å². The molecule has 1 N–H and O–H groups in total. The molecule has 104 valence electrons. The Bertz CT molecular complexity index is 588. The van der Waals surface area contributed by atoms with Gasteiger partial charge >= 0.3 is 5.69 Å². The summed E-state index contributed by atoms with van der Waals surface area (Å²) in [5, 5.41) is 13.6. The fourth-order valence-corrected chi connectivity index (χ4v) is 1.93. The number of nitro groups is 1. The van der Waals surface area contributed by atoms with E-state index in [-0.39, 0.29) is 0 Å². The first-order valence-electron chi connectivity index (χ1n) is 6.38. The summed E-state index contributed by atoms with van der Waals surface area (Å²) in [6, 6.07) is 13.9. The van der Waals surface area contributed by atoms with E-state index in [9.17, 15) is 14.5 Å². The Morgan fingerprint density at radius 1 is 1.15 bits per heavy atom. The van der Waals surface area contributed by atoms with Crippen LogP contribution in [0.15, 0.2) is 48.5 Å². The molecule has 2 aromatic rings. The van der Waals surface area contributed by atoms with Crippen molar-refractivity contribution < 1.29 is 9.31 Å². The minimum Gasteiger partial charge on any atom is -0.385 e. The van der Waals surface area contributed by atoms with Crippen LogP contribution >= 0.6 is 0 Å². The molecule has 5 heteroatoms. The van der Waals surface area contributed by atoms with Crippen molar-refractivity contribution in [3.05, 3.63) is 70.0 Å². The minimum absolute atomic E-state index is 0.500. The van der Waals surface area contributed by atoms with Gasteiger partial charge in [-0.1, -0.05) is 30.3 Å². The highest BCUT2D eigenvalue weighted by Crippen LogP contribution is 2.20. The highest BCUT2D eigenvalue weighted by atomic mass is 19.1.